The van der Waals surface area contributed by atoms with E-state index in [4.69, 9.17) is 4.74 Å². The van der Waals surface area contributed by atoms with E-state index in [1.165, 1.54) is 6.42 Å². The average Bonchev–Trinajstić information content (AvgIpc) is 2.93. The maximum atomic E-state index is 12.0. The number of para-hydroxylation sites is 1. The second-order valence-corrected chi connectivity index (χ2v) is 5.43. The van der Waals surface area contributed by atoms with E-state index >= 15 is 0 Å². The molecule has 0 aliphatic carbocycles. The van der Waals surface area contributed by atoms with E-state index in [0.29, 0.717) is 25.6 Å². The first-order chi connectivity index (χ1) is 9.66. The first kappa shape index (κ1) is 14.9. The molecule has 0 bridgehead atoms. The van der Waals surface area contributed by atoms with Crippen molar-refractivity contribution in [1.29, 1.82) is 0 Å². The number of nitrogens with one attached hydrogen (secondary N) is 1. The highest BCUT2D eigenvalue weighted by Gasteiger charge is 2.19. The van der Waals surface area contributed by atoms with Crippen molar-refractivity contribution in [2.24, 2.45) is 0 Å². The van der Waals surface area contributed by atoms with Crippen molar-refractivity contribution < 1.29 is 9.53 Å². The second-order valence-electron chi connectivity index (χ2n) is 5.43. The normalized spacial score (nSPS) is 18.0. The van der Waals surface area contributed by atoms with Gasteiger partial charge in [0.15, 0.2) is 0 Å². The van der Waals surface area contributed by atoms with Crippen LogP contribution in [0.2, 0.25) is 0 Å². The molecule has 110 valence electrons. The van der Waals surface area contributed by atoms with Crippen LogP contribution in [-0.2, 0) is 4.79 Å². The molecule has 4 nitrogen and oxygen atoms in total. The highest BCUT2D eigenvalue weighted by atomic mass is 16.5. The Morgan fingerprint density at radius 1 is 1.45 bits per heavy atom. The molecule has 0 aromatic heterocycles. The summed E-state index contributed by atoms with van der Waals surface area (Å²) in [6.45, 7) is 4.22. The quantitative estimate of drug-likeness (QED) is 0.864. The van der Waals surface area contributed by atoms with Gasteiger partial charge in [0.2, 0.25) is 5.91 Å². The fraction of sp³-hybridized carbons (Fsp3) is 0.562. The highest BCUT2D eigenvalue weighted by molar-refractivity contribution is 5.76. The van der Waals surface area contributed by atoms with Crippen molar-refractivity contribution in [3.8, 4) is 5.75 Å². The third-order valence-corrected chi connectivity index (χ3v) is 3.79. The van der Waals surface area contributed by atoms with E-state index < -0.39 is 0 Å². The summed E-state index contributed by atoms with van der Waals surface area (Å²) in [7, 11) is 1.85. The molecule has 4 heteroatoms. The molecular formula is C16H24N2O2. The van der Waals surface area contributed by atoms with Crippen LogP contribution >= 0.6 is 0 Å². The molecule has 1 heterocycles. The maximum absolute atomic E-state index is 12.0. The number of aryl methyl sites for hydroxylation is 1. The fourth-order valence-electron chi connectivity index (χ4n) is 2.43. The number of rotatable bonds is 6. The smallest absolute Gasteiger partial charge is 0.223 e. The summed E-state index contributed by atoms with van der Waals surface area (Å²) in [5.41, 5.74) is 1.12. The molecule has 0 radical (unpaired) electrons. The number of hydrogen-bond acceptors (Lipinski definition) is 3. The minimum atomic E-state index is 0.192. The van der Waals surface area contributed by atoms with Gasteiger partial charge in [-0.15, -0.1) is 0 Å². The summed E-state index contributed by atoms with van der Waals surface area (Å²) < 4.78 is 5.72. The first-order valence-corrected chi connectivity index (χ1v) is 7.32. The van der Waals surface area contributed by atoms with Crippen molar-refractivity contribution in [2.75, 3.05) is 26.7 Å². The summed E-state index contributed by atoms with van der Waals surface area (Å²) in [4.78, 5) is 13.8. The number of benzene rings is 1. The van der Waals surface area contributed by atoms with E-state index in [0.717, 1.165) is 24.3 Å². The largest absolute Gasteiger partial charge is 0.491 e. The topological polar surface area (TPSA) is 41.6 Å². The van der Waals surface area contributed by atoms with Gasteiger partial charge in [-0.05, 0) is 37.9 Å². The number of likely N-dealkylation sites (N-methyl/N-ethyl adjacent to an activating group) is 1. The van der Waals surface area contributed by atoms with Gasteiger partial charge in [-0.2, -0.15) is 0 Å². The van der Waals surface area contributed by atoms with Gasteiger partial charge < -0.3 is 15.0 Å². The van der Waals surface area contributed by atoms with Crippen LogP contribution in [0.15, 0.2) is 24.3 Å². The minimum Gasteiger partial charge on any atom is -0.491 e. The number of amides is 1. The molecular weight excluding hydrogens is 252 g/mol. The third-order valence-electron chi connectivity index (χ3n) is 3.79. The molecule has 1 atom stereocenters. The van der Waals surface area contributed by atoms with Gasteiger partial charge >= 0.3 is 0 Å². The van der Waals surface area contributed by atoms with Crippen LogP contribution < -0.4 is 10.1 Å². The molecule has 1 aliphatic rings. The molecule has 1 N–H and O–H groups in total. The Bertz CT molecular complexity index is 442. The second kappa shape index (κ2) is 7.29. The van der Waals surface area contributed by atoms with Gasteiger partial charge in [0.05, 0.1) is 6.54 Å². The zero-order valence-corrected chi connectivity index (χ0v) is 12.4. The van der Waals surface area contributed by atoms with Gasteiger partial charge in [0.1, 0.15) is 12.4 Å². The molecule has 1 aromatic rings. The lowest BCUT2D eigenvalue weighted by molar-refractivity contribution is -0.130. The Morgan fingerprint density at radius 2 is 2.25 bits per heavy atom. The number of carbonyl (C=O) groups excluding carboxylic acids is 1. The molecule has 1 saturated heterocycles. The van der Waals surface area contributed by atoms with Crippen molar-refractivity contribution in [3.05, 3.63) is 29.8 Å². The lowest BCUT2D eigenvalue weighted by Crippen LogP contribution is -2.35. The van der Waals surface area contributed by atoms with Crippen LogP contribution in [0.5, 0.6) is 5.75 Å². The van der Waals surface area contributed by atoms with Gasteiger partial charge in [0.25, 0.3) is 0 Å². The predicted octanol–water partition coefficient (Wildman–Crippen LogP) is 1.97. The van der Waals surface area contributed by atoms with E-state index in [2.05, 4.69) is 5.32 Å². The first-order valence-electron chi connectivity index (χ1n) is 7.32. The molecule has 1 amide bonds. The zero-order chi connectivity index (χ0) is 14.4. The molecule has 2 rings (SSSR count). The molecule has 20 heavy (non-hydrogen) atoms. The maximum Gasteiger partial charge on any atom is 0.223 e. The fourth-order valence-corrected chi connectivity index (χ4v) is 2.43. The lowest BCUT2D eigenvalue weighted by Gasteiger charge is -2.20. The molecule has 0 spiro atoms. The van der Waals surface area contributed by atoms with E-state index in [1.807, 2.05) is 38.2 Å². The Balaban J connectivity index is 1.70. The van der Waals surface area contributed by atoms with E-state index in [-0.39, 0.29) is 5.91 Å². The average molecular weight is 276 g/mol. The van der Waals surface area contributed by atoms with Gasteiger partial charge in [0, 0.05) is 19.5 Å². The predicted molar refractivity (Wildman–Crippen MR) is 80.0 cm³/mol. The van der Waals surface area contributed by atoms with Gasteiger partial charge in [-0.25, -0.2) is 0 Å². The molecule has 0 saturated carbocycles. The lowest BCUT2D eigenvalue weighted by atomic mass is 10.1. The van der Waals surface area contributed by atoms with Crippen molar-refractivity contribution in [3.63, 3.8) is 0 Å². The standard InChI is InChI=1S/C16H24N2O2/c1-13-6-3-4-8-15(13)20-11-10-18(2)16(19)12-14-7-5-9-17-14/h3-4,6,8,14,17H,5,7,9-12H2,1-2H3. The number of ether oxygens (including phenoxy) is 1. The number of hydrogen-bond donors (Lipinski definition) is 1. The van der Waals surface area contributed by atoms with Gasteiger partial charge in [-0.1, -0.05) is 18.2 Å². The van der Waals surface area contributed by atoms with Crippen LogP contribution in [0.1, 0.15) is 24.8 Å². The molecule has 1 aromatic carbocycles. The van der Waals surface area contributed by atoms with Crippen LogP contribution in [0.4, 0.5) is 0 Å². The van der Waals surface area contributed by atoms with Crippen LogP contribution in [-0.4, -0.2) is 43.6 Å². The van der Waals surface area contributed by atoms with Crippen molar-refractivity contribution >= 4 is 5.91 Å². The summed E-state index contributed by atoms with van der Waals surface area (Å²) in [5, 5.41) is 3.35. The monoisotopic (exact) mass is 276 g/mol. The Hall–Kier alpha value is -1.55. The molecule has 1 aliphatic heterocycles. The van der Waals surface area contributed by atoms with Gasteiger partial charge in [-0.3, -0.25) is 4.79 Å². The van der Waals surface area contributed by atoms with E-state index in [9.17, 15) is 4.79 Å². The summed E-state index contributed by atoms with van der Waals surface area (Å²) in [6, 6.07) is 8.30. The Labute approximate surface area is 121 Å². The SMILES string of the molecule is Cc1ccccc1OCCN(C)C(=O)CC1CCCN1. The highest BCUT2D eigenvalue weighted by Crippen LogP contribution is 2.16. The van der Waals surface area contributed by atoms with Crippen LogP contribution in [0.3, 0.4) is 0 Å². The Kier molecular flexibility index (Phi) is 5.41. The zero-order valence-electron chi connectivity index (χ0n) is 12.4. The molecule has 1 fully saturated rings. The molecule has 1 unspecified atom stereocenters. The summed E-state index contributed by atoms with van der Waals surface area (Å²) >= 11 is 0. The van der Waals surface area contributed by atoms with Crippen molar-refractivity contribution in [1.82, 2.24) is 10.2 Å². The number of carbonyl (C=O) groups is 1. The third kappa shape index (κ3) is 4.23. The van der Waals surface area contributed by atoms with E-state index in [1.54, 1.807) is 4.90 Å². The summed E-state index contributed by atoms with van der Waals surface area (Å²) in [5.74, 6) is 1.09. The Morgan fingerprint density at radius 3 is 2.95 bits per heavy atom. The van der Waals surface area contributed by atoms with Crippen LogP contribution in [0, 0.1) is 6.92 Å². The van der Waals surface area contributed by atoms with Crippen molar-refractivity contribution in [2.45, 2.75) is 32.2 Å². The summed E-state index contributed by atoms with van der Waals surface area (Å²) in [6.07, 6.45) is 2.89. The van der Waals surface area contributed by atoms with Crippen LogP contribution in [0.25, 0.3) is 0 Å². The minimum absolute atomic E-state index is 0.192. The number of nitrogens with zero attached hydrogens (tertiary/aromatic N) is 1.